The maximum absolute atomic E-state index is 11.3. The summed E-state index contributed by atoms with van der Waals surface area (Å²) in [6.07, 6.45) is 0. The zero-order chi connectivity index (χ0) is 9.68. The molecule has 13 heavy (non-hydrogen) atoms. The molecular weight excluding hydrogens is 186 g/mol. The van der Waals surface area contributed by atoms with Crippen LogP contribution in [0.2, 0.25) is 0 Å². The van der Waals surface area contributed by atoms with Gasteiger partial charge < -0.3 is 0 Å². The Bertz CT molecular complexity index is 257. The third kappa shape index (κ3) is 3.57. The van der Waals surface area contributed by atoms with Crippen LogP contribution in [0.1, 0.15) is 23.5 Å². The third-order valence-electron chi connectivity index (χ3n) is 1.33. The summed E-state index contributed by atoms with van der Waals surface area (Å²) in [6.45, 7) is 4.59. The largest absolute Gasteiger partial charge is 0.284 e. The van der Waals surface area contributed by atoms with E-state index in [1.807, 2.05) is 25.3 Å². The number of carbonyl (C=O) groups is 1. The number of nitrogens with one attached hydrogen (secondary N) is 1. The van der Waals surface area contributed by atoms with Gasteiger partial charge in [-0.2, -0.15) is 0 Å². The molecule has 0 aromatic carbocycles. The molecule has 1 amide bonds. The first-order chi connectivity index (χ1) is 6.20. The Kier molecular flexibility index (Phi) is 3.92. The van der Waals surface area contributed by atoms with Crippen LogP contribution in [0.5, 0.6) is 0 Å². The summed E-state index contributed by atoms with van der Waals surface area (Å²) in [5, 5.41) is 1.86. The van der Waals surface area contributed by atoms with Crippen molar-refractivity contribution in [3.8, 4) is 0 Å². The molecule has 0 aliphatic rings. The van der Waals surface area contributed by atoms with E-state index in [1.54, 1.807) is 6.07 Å². The molecule has 1 aromatic rings. The second-order valence-corrected chi connectivity index (χ2v) is 4.06. The second-order valence-electron chi connectivity index (χ2n) is 3.11. The minimum absolute atomic E-state index is 0.171. The first kappa shape index (κ1) is 10.2. The van der Waals surface area contributed by atoms with Gasteiger partial charge in [-0.25, -0.2) is 5.48 Å². The van der Waals surface area contributed by atoms with E-state index in [0.29, 0.717) is 17.4 Å². The molecular formula is C9H13NO2S. The summed E-state index contributed by atoms with van der Waals surface area (Å²) >= 11 is 1.40. The molecule has 0 unspecified atom stereocenters. The van der Waals surface area contributed by atoms with Crippen LogP contribution in [-0.4, -0.2) is 12.5 Å². The summed E-state index contributed by atoms with van der Waals surface area (Å²) in [5.41, 5.74) is 2.39. The molecule has 1 N–H and O–H groups in total. The average molecular weight is 199 g/mol. The van der Waals surface area contributed by atoms with Crippen molar-refractivity contribution in [2.75, 3.05) is 6.61 Å². The van der Waals surface area contributed by atoms with Crippen LogP contribution in [0.4, 0.5) is 0 Å². The number of carbonyl (C=O) groups excluding carboxylic acids is 1. The fraction of sp³-hybridized carbons (Fsp3) is 0.444. The number of hydrogen-bond acceptors (Lipinski definition) is 3. The minimum Gasteiger partial charge on any atom is -0.273 e. The van der Waals surface area contributed by atoms with E-state index in [4.69, 9.17) is 4.84 Å². The van der Waals surface area contributed by atoms with E-state index in [1.165, 1.54) is 11.3 Å². The van der Waals surface area contributed by atoms with Crippen LogP contribution in [0.15, 0.2) is 17.5 Å². The molecule has 0 radical (unpaired) electrons. The maximum atomic E-state index is 11.3. The number of amides is 1. The van der Waals surface area contributed by atoms with Crippen molar-refractivity contribution in [3.05, 3.63) is 22.4 Å². The highest BCUT2D eigenvalue weighted by Crippen LogP contribution is 2.07. The lowest BCUT2D eigenvalue weighted by Gasteiger charge is -2.06. The second kappa shape index (κ2) is 4.99. The molecule has 0 atom stereocenters. The van der Waals surface area contributed by atoms with Gasteiger partial charge >= 0.3 is 0 Å². The lowest BCUT2D eigenvalue weighted by Crippen LogP contribution is -2.24. The van der Waals surface area contributed by atoms with Gasteiger partial charge in [-0.15, -0.1) is 11.3 Å². The molecule has 0 fully saturated rings. The van der Waals surface area contributed by atoms with Crippen molar-refractivity contribution in [3.63, 3.8) is 0 Å². The molecule has 0 aliphatic carbocycles. The quantitative estimate of drug-likeness (QED) is 0.754. The normalized spacial score (nSPS) is 10.4. The van der Waals surface area contributed by atoms with Crippen molar-refractivity contribution in [1.82, 2.24) is 5.48 Å². The summed E-state index contributed by atoms with van der Waals surface area (Å²) < 4.78 is 0. The molecule has 0 bridgehead atoms. The highest BCUT2D eigenvalue weighted by molar-refractivity contribution is 7.12. The zero-order valence-corrected chi connectivity index (χ0v) is 8.56. The minimum atomic E-state index is -0.171. The predicted molar refractivity (Wildman–Crippen MR) is 52.6 cm³/mol. The molecule has 0 aliphatic heterocycles. The van der Waals surface area contributed by atoms with Crippen molar-refractivity contribution < 1.29 is 9.63 Å². The Labute approximate surface area is 81.7 Å². The number of thiophene rings is 1. The Morgan fingerprint density at radius 3 is 3.00 bits per heavy atom. The number of hydroxylamine groups is 1. The predicted octanol–water partition coefficient (Wildman–Crippen LogP) is 2.07. The van der Waals surface area contributed by atoms with Gasteiger partial charge in [0, 0.05) is 0 Å². The van der Waals surface area contributed by atoms with E-state index in [0.717, 1.165) is 0 Å². The van der Waals surface area contributed by atoms with E-state index < -0.39 is 0 Å². The van der Waals surface area contributed by atoms with E-state index in [-0.39, 0.29) is 5.91 Å². The Balaban J connectivity index is 2.27. The fourth-order valence-electron chi connectivity index (χ4n) is 0.732. The first-order valence-corrected chi connectivity index (χ1v) is 5.03. The van der Waals surface area contributed by atoms with Gasteiger partial charge in [0.15, 0.2) is 0 Å². The molecule has 1 aromatic heterocycles. The van der Waals surface area contributed by atoms with Crippen molar-refractivity contribution >= 4 is 17.2 Å². The average Bonchev–Trinajstić information content (AvgIpc) is 2.55. The number of hydrogen-bond donors (Lipinski definition) is 1. The Hall–Kier alpha value is -0.870. The summed E-state index contributed by atoms with van der Waals surface area (Å²) in [6, 6.07) is 3.60. The lowest BCUT2D eigenvalue weighted by atomic mass is 10.2. The van der Waals surface area contributed by atoms with Crippen LogP contribution in [0.25, 0.3) is 0 Å². The lowest BCUT2D eigenvalue weighted by molar-refractivity contribution is 0.0212. The van der Waals surface area contributed by atoms with Crippen LogP contribution < -0.4 is 5.48 Å². The molecule has 0 saturated heterocycles. The number of rotatable bonds is 4. The van der Waals surface area contributed by atoms with Crippen molar-refractivity contribution in [2.45, 2.75) is 13.8 Å². The van der Waals surface area contributed by atoms with Crippen molar-refractivity contribution in [2.24, 2.45) is 5.92 Å². The molecule has 0 saturated carbocycles. The molecule has 1 heterocycles. The topological polar surface area (TPSA) is 38.3 Å². The van der Waals surface area contributed by atoms with Gasteiger partial charge in [-0.3, -0.25) is 9.63 Å². The van der Waals surface area contributed by atoms with Crippen molar-refractivity contribution in [1.29, 1.82) is 0 Å². The SMILES string of the molecule is CC(C)CONC(=O)c1cccs1. The smallest absolute Gasteiger partial charge is 0.273 e. The summed E-state index contributed by atoms with van der Waals surface area (Å²) in [7, 11) is 0. The summed E-state index contributed by atoms with van der Waals surface area (Å²) in [4.78, 5) is 16.9. The molecule has 4 heteroatoms. The van der Waals surface area contributed by atoms with Gasteiger partial charge in [-0.05, 0) is 17.4 Å². The zero-order valence-electron chi connectivity index (χ0n) is 7.74. The first-order valence-electron chi connectivity index (χ1n) is 4.16. The standard InChI is InChI=1S/C9H13NO2S/c1-7(2)6-12-10-9(11)8-4-3-5-13-8/h3-5,7H,6H2,1-2H3,(H,10,11). The van der Waals surface area contributed by atoms with Gasteiger partial charge in [0.25, 0.3) is 5.91 Å². The van der Waals surface area contributed by atoms with Crippen LogP contribution >= 0.6 is 11.3 Å². The van der Waals surface area contributed by atoms with E-state index >= 15 is 0 Å². The monoisotopic (exact) mass is 199 g/mol. The molecule has 0 spiro atoms. The van der Waals surface area contributed by atoms with E-state index in [2.05, 4.69) is 5.48 Å². The highest BCUT2D eigenvalue weighted by atomic mass is 32.1. The van der Waals surface area contributed by atoms with Gasteiger partial charge in [0.1, 0.15) is 0 Å². The fourth-order valence-corrected chi connectivity index (χ4v) is 1.34. The van der Waals surface area contributed by atoms with Crippen LogP contribution in [0.3, 0.4) is 0 Å². The molecule has 1 rings (SSSR count). The van der Waals surface area contributed by atoms with Gasteiger partial charge in [0.05, 0.1) is 11.5 Å². The highest BCUT2D eigenvalue weighted by Gasteiger charge is 2.05. The maximum Gasteiger partial charge on any atom is 0.284 e. The van der Waals surface area contributed by atoms with Crippen LogP contribution in [-0.2, 0) is 4.84 Å². The Morgan fingerprint density at radius 2 is 2.46 bits per heavy atom. The van der Waals surface area contributed by atoms with Gasteiger partial charge in [-0.1, -0.05) is 19.9 Å². The van der Waals surface area contributed by atoms with Gasteiger partial charge in [0.2, 0.25) is 0 Å². The third-order valence-corrected chi connectivity index (χ3v) is 2.20. The Morgan fingerprint density at radius 1 is 1.69 bits per heavy atom. The molecule has 3 nitrogen and oxygen atoms in total. The van der Waals surface area contributed by atoms with Crippen LogP contribution in [0, 0.1) is 5.92 Å². The summed E-state index contributed by atoms with van der Waals surface area (Å²) in [5.74, 6) is 0.249. The molecule has 72 valence electrons. The van der Waals surface area contributed by atoms with E-state index in [9.17, 15) is 4.79 Å².